The molecule has 0 aliphatic carbocycles. The predicted molar refractivity (Wildman–Crippen MR) is 78.3 cm³/mol. The van der Waals surface area contributed by atoms with E-state index in [0.29, 0.717) is 17.3 Å². The van der Waals surface area contributed by atoms with E-state index in [-0.39, 0.29) is 0 Å². The summed E-state index contributed by atoms with van der Waals surface area (Å²) in [5, 5.41) is 0. The maximum atomic E-state index is 11.4. The summed E-state index contributed by atoms with van der Waals surface area (Å²) in [4.78, 5) is 15.9. The highest BCUT2D eigenvalue weighted by atomic mass is 16.1. The van der Waals surface area contributed by atoms with Gasteiger partial charge in [-0.3, -0.25) is 4.79 Å². The van der Waals surface area contributed by atoms with Crippen LogP contribution in [0.25, 0.3) is 0 Å². The van der Waals surface area contributed by atoms with Crippen molar-refractivity contribution in [1.82, 2.24) is 4.90 Å². The Balaban J connectivity index is 2.25. The van der Waals surface area contributed by atoms with Gasteiger partial charge in [-0.2, -0.15) is 0 Å². The summed E-state index contributed by atoms with van der Waals surface area (Å²) in [6.45, 7) is 2.02. The second-order valence-electron chi connectivity index (χ2n) is 5.39. The van der Waals surface area contributed by atoms with Gasteiger partial charge in [-0.25, -0.2) is 0 Å². The molecule has 0 aromatic heterocycles. The first-order valence-electron chi connectivity index (χ1n) is 6.59. The molecule has 2 rings (SSSR count). The Morgan fingerprint density at radius 3 is 2.84 bits per heavy atom. The minimum absolute atomic E-state index is 0.410. The molecule has 1 heterocycles. The van der Waals surface area contributed by atoms with Gasteiger partial charge in [-0.15, -0.1) is 0 Å². The number of nitrogens with zero attached hydrogens (tertiary/aromatic N) is 2. The van der Waals surface area contributed by atoms with Crippen LogP contribution in [0.15, 0.2) is 18.2 Å². The molecule has 4 N–H and O–H groups in total. The Bertz CT molecular complexity index is 473. The van der Waals surface area contributed by atoms with Crippen LogP contribution in [-0.2, 0) is 0 Å². The van der Waals surface area contributed by atoms with E-state index in [0.717, 1.165) is 18.8 Å². The molecule has 1 saturated heterocycles. The highest BCUT2D eigenvalue weighted by Gasteiger charge is 2.25. The van der Waals surface area contributed by atoms with Crippen molar-refractivity contribution in [3.05, 3.63) is 23.8 Å². The van der Waals surface area contributed by atoms with Gasteiger partial charge in [0.15, 0.2) is 0 Å². The van der Waals surface area contributed by atoms with E-state index < -0.39 is 5.91 Å². The fourth-order valence-corrected chi connectivity index (χ4v) is 2.72. The number of primary amides is 1. The number of anilines is 2. The molecule has 1 amide bonds. The molecule has 104 valence electrons. The van der Waals surface area contributed by atoms with Crippen molar-refractivity contribution in [2.45, 2.75) is 18.9 Å². The van der Waals surface area contributed by atoms with Gasteiger partial charge in [0.2, 0.25) is 0 Å². The smallest absolute Gasteiger partial charge is 0.250 e. The van der Waals surface area contributed by atoms with Gasteiger partial charge in [-0.1, -0.05) is 0 Å². The van der Waals surface area contributed by atoms with Gasteiger partial charge in [0.25, 0.3) is 5.91 Å². The van der Waals surface area contributed by atoms with E-state index in [1.54, 1.807) is 6.07 Å². The molecule has 0 radical (unpaired) electrons. The zero-order valence-corrected chi connectivity index (χ0v) is 11.6. The Morgan fingerprint density at radius 2 is 2.21 bits per heavy atom. The fourth-order valence-electron chi connectivity index (χ4n) is 2.72. The second kappa shape index (κ2) is 5.48. The first-order valence-corrected chi connectivity index (χ1v) is 6.59. The van der Waals surface area contributed by atoms with Crippen molar-refractivity contribution < 1.29 is 4.79 Å². The molecule has 1 aliphatic heterocycles. The number of benzene rings is 1. The van der Waals surface area contributed by atoms with E-state index >= 15 is 0 Å². The maximum Gasteiger partial charge on any atom is 0.250 e. The van der Waals surface area contributed by atoms with Crippen LogP contribution in [0.1, 0.15) is 23.2 Å². The lowest BCUT2D eigenvalue weighted by Crippen LogP contribution is -2.37. The summed E-state index contributed by atoms with van der Waals surface area (Å²) in [6.07, 6.45) is 2.35. The lowest BCUT2D eigenvalue weighted by molar-refractivity contribution is 0.100. The van der Waals surface area contributed by atoms with E-state index in [2.05, 4.69) is 23.9 Å². The molecule has 5 nitrogen and oxygen atoms in total. The van der Waals surface area contributed by atoms with Crippen molar-refractivity contribution in [2.75, 3.05) is 37.8 Å². The van der Waals surface area contributed by atoms with Gasteiger partial charge in [0.1, 0.15) is 0 Å². The lowest BCUT2D eigenvalue weighted by atomic mass is 10.1. The van der Waals surface area contributed by atoms with Gasteiger partial charge >= 0.3 is 0 Å². The van der Waals surface area contributed by atoms with Crippen molar-refractivity contribution in [1.29, 1.82) is 0 Å². The molecule has 0 bridgehead atoms. The number of carbonyl (C=O) groups excluding carboxylic acids is 1. The molecule has 1 aromatic carbocycles. The summed E-state index contributed by atoms with van der Waals surface area (Å²) in [5.74, 6) is -0.470. The van der Waals surface area contributed by atoms with Crippen LogP contribution in [0.4, 0.5) is 11.4 Å². The monoisotopic (exact) mass is 262 g/mol. The number of rotatable bonds is 4. The summed E-state index contributed by atoms with van der Waals surface area (Å²) in [5.41, 5.74) is 13.0. The largest absolute Gasteiger partial charge is 0.398 e. The molecule has 0 spiro atoms. The number of amides is 1. The highest BCUT2D eigenvalue weighted by molar-refractivity contribution is 5.99. The van der Waals surface area contributed by atoms with Gasteiger partial charge in [0.05, 0.1) is 5.56 Å². The number of hydrogen-bond donors (Lipinski definition) is 2. The normalized spacial score (nSPS) is 19.1. The third-order valence-electron chi connectivity index (χ3n) is 3.59. The van der Waals surface area contributed by atoms with Crippen LogP contribution in [0.3, 0.4) is 0 Å². The second-order valence-corrected chi connectivity index (χ2v) is 5.39. The quantitative estimate of drug-likeness (QED) is 0.790. The SMILES string of the molecule is CN(C)CC1CCCN1c1ccc(N)c(C(N)=O)c1. The summed E-state index contributed by atoms with van der Waals surface area (Å²) >= 11 is 0. The van der Waals surface area contributed by atoms with Crippen LogP contribution < -0.4 is 16.4 Å². The summed E-state index contributed by atoms with van der Waals surface area (Å²) < 4.78 is 0. The van der Waals surface area contributed by atoms with Gasteiger partial charge in [-0.05, 0) is 45.1 Å². The van der Waals surface area contributed by atoms with Crippen LogP contribution in [0, 0.1) is 0 Å². The first-order chi connectivity index (χ1) is 8.99. The molecule has 1 unspecified atom stereocenters. The first kappa shape index (κ1) is 13.7. The van der Waals surface area contributed by atoms with E-state index in [1.807, 2.05) is 12.1 Å². The fraction of sp³-hybridized carbons (Fsp3) is 0.500. The molecular formula is C14H22N4O. The number of nitrogen functional groups attached to an aromatic ring is 1. The van der Waals surface area contributed by atoms with Crippen LogP contribution in [0.2, 0.25) is 0 Å². The Morgan fingerprint density at radius 1 is 1.47 bits per heavy atom. The zero-order chi connectivity index (χ0) is 14.0. The summed E-state index contributed by atoms with van der Waals surface area (Å²) in [7, 11) is 4.16. The average Bonchev–Trinajstić information content (AvgIpc) is 2.76. The number of carbonyl (C=O) groups is 1. The molecule has 1 aliphatic rings. The third kappa shape index (κ3) is 2.98. The topological polar surface area (TPSA) is 75.6 Å². The molecule has 19 heavy (non-hydrogen) atoms. The number of likely N-dealkylation sites (N-methyl/N-ethyl adjacent to an activating group) is 1. The van der Waals surface area contributed by atoms with Crippen molar-refractivity contribution in [3.8, 4) is 0 Å². The molecule has 0 saturated carbocycles. The zero-order valence-electron chi connectivity index (χ0n) is 11.6. The minimum atomic E-state index is -0.470. The standard InChI is InChI=1S/C14H22N4O/c1-17(2)9-11-4-3-7-18(11)10-5-6-13(15)12(8-10)14(16)19/h5-6,8,11H,3-4,7,9,15H2,1-2H3,(H2,16,19). The van der Waals surface area contributed by atoms with Crippen molar-refractivity contribution in [2.24, 2.45) is 5.73 Å². The van der Waals surface area contributed by atoms with Crippen LogP contribution in [0.5, 0.6) is 0 Å². The van der Waals surface area contributed by atoms with Crippen LogP contribution in [-0.4, -0.2) is 44.0 Å². The average molecular weight is 262 g/mol. The minimum Gasteiger partial charge on any atom is -0.398 e. The highest BCUT2D eigenvalue weighted by Crippen LogP contribution is 2.28. The van der Waals surface area contributed by atoms with Crippen molar-refractivity contribution in [3.63, 3.8) is 0 Å². The molecule has 1 aromatic rings. The molecule has 1 atom stereocenters. The Kier molecular flexibility index (Phi) is 3.95. The van der Waals surface area contributed by atoms with Gasteiger partial charge < -0.3 is 21.3 Å². The van der Waals surface area contributed by atoms with Gasteiger partial charge in [0, 0.05) is 30.5 Å². The third-order valence-corrected chi connectivity index (χ3v) is 3.59. The Labute approximate surface area is 114 Å². The van der Waals surface area contributed by atoms with Crippen LogP contribution >= 0.6 is 0 Å². The predicted octanol–water partition coefficient (Wildman–Crippen LogP) is 0.898. The van der Waals surface area contributed by atoms with E-state index in [4.69, 9.17) is 11.5 Å². The molecule has 1 fully saturated rings. The summed E-state index contributed by atoms with van der Waals surface area (Å²) in [6, 6.07) is 6.03. The number of hydrogen-bond acceptors (Lipinski definition) is 4. The Hall–Kier alpha value is -1.75. The lowest BCUT2D eigenvalue weighted by Gasteiger charge is -2.29. The molecular weight excluding hydrogens is 240 g/mol. The maximum absolute atomic E-state index is 11.4. The van der Waals surface area contributed by atoms with E-state index in [1.165, 1.54) is 12.8 Å². The number of nitrogens with two attached hydrogens (primary N) is 2. The van der Waals surface area contributed by atoms with Crippen molar-refractivity contribution >= 4 is 17.3 Å². The van der Waals surface area contributed by atoms with E-state index in [9.17, 15) is 4.79 Å². The molecule has 5 heteroatoms.